The third-order valence-electron chi connectivity index (χ3n) is 3.06. The van der Waals surface area contributed by atoms with Gasteiger partial charge in [-0.1, -0.05) is 24.3 Å². The normalized spacial score (nSPS) is 10.2. The zero-order valence-corrected chi connectivity index (χ0v) is 11.4. The Kier molecular flexibility index (Phi) is 4.30. The highest BCUT2D eigenvalue weighted by Crippen LogP contribution is 2.24. The molecular formula is C15H14N2O4. The van der Waals surface area contributed by atoms with Gasteiger partial charge < -0.3 is 10.4 Å². The second-order valence-corrected chi connectivity index (χ2v) is 4.54. The summed E-state index contributed by atoms with van der Waals surface area (Å²) in [5, 5.41) is 22.6. The second kappa shape index (κ2) is 6.15. The number of hydrogen-bond acceptors (Lipinski definition) is 4. The van der Waals surface area contributed by atoms with Gasteiger partial charge in [0.05, 0.1) is 11.5 Å². The Morgan fingerprint density at radius 2 is 1.90 bits per heavy atom. The molecule has 0 bridgehead atoms. The maximum Gasteiger partial charge on any atom is 0.285 e. The van der Waals surface area contributed by atoms with E-state index in [1.54, 1.807) is 43.3 Å². The molecule has 0 radical (unpaired) electrons. The van der Waals surface area contributed by atoms with Crippen molar-refractivity contribution in [2.24, 2.45) is 0 Å². The number of aliphatic hydroxyl groups excluding tert-OH is 1. The molecule has 21 heavy (non-hydrogen) atoms. The van der Waals surface area contributed by atoms with Crippen LogP contribution in [0.5, 0.6) is 0 Å². The quantitative estimate of drug-likeness (QED) is 0.667. The Balaban J connectivity index is 2.28. The van der Waals surface area contributed by atoms with Crippen LogP contribution in [0.1, 0.15) is 21.5 Å². The van der Waals surface area contributed by atoms with Crippen molar-refractivity contribution in [2.45, 2.75) is 13.5 Å². The minimum absolute atomic E-state index is 0.0197. The fraction of sp³-hybridized carbons (Fsp3) is 0.133. The zero-order chi connectivity index (χ0) is 15.4. The first-order valence-corrected chi connectivity index (χ1v) is 6.28. The number of aryl methyl sites for hydroxylation is 1. The molecule has 1 amide bonds. The Morgan fingerprint density at radius 3 is 2.48 bits per heavy atom. The number of nitro benzene ring substituents is 1. The van der Waals surface area contributed by atoms with Gasteiger partial charge in [-0.2, -0.15) is 0 Å². The summed E-state index contributed by atoms with van der Waals surface area (Å²) < 4.78 is 0. The topological polar surface area (TPSA) is 92.5 Å². The van der Waals surface area contributed by atoms with Crippen LogP contribution in [0, 0.1) is 17.0 Å². The van der Waals surface area contributed by atoms with Crippen LogP contribution in [-0.4, -0.2) is 15.9 Å². The van der Waals surface area contributed by atoms with E-state index in [0.29, 0.717) is 11.3 Å². The second-order valence-electron chi connectivity index (χ2n) is 4.54. The molecule has 0 aliphatic heterocycles. The molecule has 0 heterocycles. The van der Waals surface area contributed by atoms with Crippen molar-refractivity contribution in [3.05, 3.63) is 69.3 Å². The third-order valence-corrected chi connectivity index (χ3v) is 3.06. The monoisotopic (exact) mass is 286 g/mol. The number of carbonyl (C=O) groups is 1. The van der Waals surface area contributed by atoms with E-state index in [2.05, 4.69) is 5.32 Å². The molecule has 0 atom stereocenters. The molecule has 2 aromatic rings. The number of hydrogen-bond donors (Lipinski definition) is 2. The maximum atomic E-state index is 12.2. The smallest absolute Gasteiger partial charge is 0.285 e. The number of nitrogens with zero attached hydrogens (tertiary/aromatic N) is 1. The number of carbonyl (C=O) groups excluding carboxylic acids is 1. The van der Waals surface area contributed by atoms with Crippen LogP contribution < -0.4 is 5.32 Å². The van der Waals surface area contributed by atoms with Gasteiger partial charge in [0.1, 0.15) is 5.56 Å². The van der Waals surface area contributed by atoms with E-state index in [-0.39, 0.29) is 17.9 Å². The van der Waals surface area contributed by atoms with Crippen LogP contribution >= 0.6 is 0 Å². The van der Waals surface area contributed by atoms with Gasteiger partial charge in [-0.3, -0.25) is 14.9 Å². The van der Waals surface area contributed by atoms with Gasteiger partial charge in [-0.25, -0.2) is 0 Å². The van der Waals surface area contributed by atoms with Crippen molar-refractivity contribution in [3.8, 4) is 0 Å². The van der Waals surface area contributed by atoms with Gasteiger partial charge in [-0.15, -0.1) is 0 Å². The van der Waals surface area contributed by atoms with E-state index in [4.69, 9.17) is 5.11 Å². The first-order valence-electron chi connectivity index (χ1n) is 6.28. The Morgan fingerprint density at radius 1 is 1.24 bits per heavy atom. The SMILES string of the molecule is Cc1cccc(C(=O)Nc2ccc(CO)cc2)c1[N+](=O)[O-]. The van der Waals surface area contributed by atoms with Gasteiger partial charge in [0.2, 0.25) is 0 Å². The minimum Gasteiger partial charge on any atom is -0.392 e. The summed E-state index contributed by atoms with van der Waals surface area (Å²) in [6.45, 7) is 1.50. The number of anilines is 1. The summed E-state index contributed by atoms with van der Waals surface area (Å²) in [5.74, 6) is -0.540. The molecule has 2 aromatic carbocycles. The van der Waals surface area contributed by atoms with Gasteiger partial charge in [0, 0.05) is 11.3 Å². The molecule has 0 fully saturated rings. The zero-order valence-electron chi connectivity index (χ0n) is 11.4. The lowest BCUT2D eigenvalue weighted by atomic mass is 10.1. The molecule has 6 heteroatoms. The highest BCUT2D eigenvalue weighted by atomic mass is 16.6. The van der Waals surface area contributed by atoms with Crippen LogP contribution in [0.4, 0.5) is 11.4 Å². The first kappa shape index (κ1) is 14.7. The Hall–Kier alpha value is -2.73. The molecule has 2 N–H and O–H groups in total. The van der Waals surface area contributed by atoms with E-state index in [1.807, 2.05) is 0 Å². The number of para-hydroxylation sites is 1. The fourth-order valence-corrected chi connectivity index (χ4v) is 1.98. The number of nitro groups is 1. The number of amides is 1. The molecule has 0 aromatic heterocycles. The number of rotatable bonds is 4. The van der Waals surface area contributed by atoms with Gasteiger partial charge in [0.15, 0.2) is 0 Å². The fourth-order valence-electron chi connectivity index (χ4n) is 1.98. The van der Waals surface area contributed by atoms with Crippen LogP contribution in [0.25, 0.3) is 0 Å². The van der Waals surface area contributed by atoms with Crippen LogP contribution in [0.3, 0.4) is 0 Å². The van der Waals surface area contributed by atoms with E-state index in [9.17, 15) is 14.9 Å². The molecule has 0 unspecified atom stereocenters. The molecule has 108 valence electrons. The van der Waals surface area contributed by atoms with Crippen molar-refractivity contribution in [2.75, 3.05) is 5.32 Å². The summed E-state index contributed by atoms with van der Waals surface area (Å²) in [7, 11) is 0. The highest BCUT2D eigenvalue weighted by Gasteiger charge is 2.22. The molecule has 0 saturated heterocycles. The molecular weight excluding hydrogens is 272 g/mol. The summed E-state index contributed by atoms with van der Waals surface area (Å²) in [5.41, 5.74) is 1.49. The average molecular weight is 286 g/mol. The summed E-state index contributed by atoms with van der Waals surface area (Å²) in [6.07, 6.45) is 0. The lowest BCUT2D eigenvalue weighted by molar-refractivity contribution is -0.385. The van der Waals surface area contributed by atoms with E-state index in [0.717, 1.165) is 5.56 Å². The molecule has 0 aliphatic carbocycles. The van der Waals surface area contributed by atoms with Crippen molar-refractivity contribution in [1.29, 1.82) is 0 Å². The highest BCUT2D eigenvalue weighted by molar-refractivity contribution is 6.07. The van der Waals surface area contributed by atoms with E-state index in [1.165, 1.54) is 6.07 Å². The number of benzene rings is 2. The standard InChI is InChI=1S/C15H14N2O4/c1-10-3-2-4-13(14(10)17(20)21)15(19)16-12-7-5-11(9-18)6-8-12/h2-8,18H,9H2,1H3,(H,16,19). The lowest BCUT2D eigenvalue weighted by Crippen LogP contribution is -2.14. The minimum atomic E-state index is -0.556. The number of nitrogens with one attached hydrogen (secondary N) is 1. The summed E-state index contributed by atoms with van der Waals surface area (Å²) in [6, 6.07) is 11.2. The van der Waals surface area contributed by atoms with E-state index >= 15 is 0 Å². The van der Waals surface area contributed by atoms with Gasteiger partial charge >= 0.3 is 0 Å². The molecule has 0 spiro atoms. The summed E-state index contributed by atoms with van der Waals surface area (Å²) >= 11 is 0. The molecule has 6 nitrogen and oxygen atoms in total. The summed E-state index contributed by atoms with van der Waals surface area (Å²) in [4.78, 5) is 22.7. The Labute approximate surface area is 121 Å². The van der Waals surface area contributed by atoms with Crippen molar-refractivity contribution >= 4 is 17.3 Å². The Bertz CT molecular complexity index is 681. The largest absolute Gasteiger partial charge is 0.392 e. The van der Waals surface area contributed by atoms with Crippen molar-refractivity contribution in [1.82, 2.24) is 0 Å². The van der Waals surface area contributed by atoms with Gasteiger partial charge in [-0.05, 0) is 30.7 Å². The maximum absolute atomic E-state index is 12.2. The molecule has 0 aliphatic rings. The predicted octanol–water partition coefficient (Wildman–Crippen LogP) is 2.65. The van der Waals surface area contributed by atoms with Crippen LogP contribution in [0.15, 0.2) is 42.5 Å². The predicted molar refractivity (Wildman–Crippen MR) is 78.2 cm³/mol. The van der Waals surface area contributed by atoms with Crippen LogP contribution in [0.2, 0.25) is 0 Å². The van der Waals surface area contributed by atoms with E-state index < -0.39 is 10.8 Å². The molecule has 0 saturated carbocycles. The molecule has 2 rings (SSSR count). The lowest BCUT2D eigenvalue weighted by Gasteiger charge is -2.07. The third kappa shape index (κ3) is 3.24. The van der Waals surface area contributed by atoms with Crippen molar-refractivity contribution in [3.63, 3.8) is 0 Å². The van der Waals surface area contributed by atoms with Crippen LogP contribution in [-0.2, 0) is 6.61 Å². The average Bonchev–Trinajstić information content (AvgIpc) is 2.47. The first-order chi connectivity index (χ1) is 10.0. The number of aliphatic hydroxyl groups is 1. The van der Waals surface area contributed by atoms with Gasteiger partial charge in [0.25, 0.3) is 11.6 Å². The van der Waals surface area contributed by atoms with Crippen molar-refractivity contribution < 1.29 is 14.8 Å².